The number of hydrogen-bond donors (Lipinski definition) is 1. The summed E-state index contributed by atoms with van der Waals surface area (Å²) >= 11 is 0. The smallest absolute Gasteiger partial charge is 0.128 e. The zero-order valence-electron chi connectivity index (χ0n) is 12.8. The minimum absolute atomic E-state index is 0.530. The standard InChI is InChI=1S/C16H25N3O/c1-12-8-18-14(13(2)15(12)20-3)9-19-7-5-16(11-19)4-6-17-10-16/h8,17H,4-7,9-11H2,1-3H3. The molecule has 20 heavy (non-hydrogen) atoms. The van der Waals surface area contributed by atoms with Gasteiger partial charge in [-0.05, 0) is 45.2 Å². The van der Waals surface area contributed by atoms with Crippen molar-refractivity contribution in [2.75, 3.05) is 33.3 Å². The molecule has 2 aliphatic heterocycles. The van der Waals surface area contributed by atoms with Crippen LogP contribution >= 0.6 is 0 Å². The van der Waals surface area contributed by atoms with Crippen LogP contribution in [0.5, 0.6) is 5.75 Å². The fourth-order valence-electron chi connectivity index (χ4n) is 3.75. The van der Waals surface area contributed by atoms with Crippen LogP contribution in [0.4, 0.5) is 0 Å². The van der Waals surface area contributed by atoms with Gasteiger partial charge in [0.25, 0.3) is 0 Å². The topological polar surface area (TPSA) is 37.4 Å². The molecular formula is C16H25N3O. The van der Waals surface area contributed by atoms with E-state index in [-0.39, 0.29) is 0 Å². The first-order chi connectivity index (χ1) is 9.63. The Morgan fingerprint density at radius 1 is 1.40 bits per heavy atom. The molecule has 0 bridgehead atoms. The van der Waals surface area contributed by atoms with E-state index in [1.54, 1.807) is 7.11 Å². The van der Waals surface area contributed by atoms with Crippen molar-refractivity contribution in [3.63, 3.8) is 0 Å². The highest BCUT2D eigenvalue weighted by molar-refractivity contribution is 5.41. The maximum Gasteiger partial charge on any atom is 0.128 e. The minimum atomic E-state index is 0.530. The number of pyridine rings is 1. The van der Waals surface area contributed by atoms with E-state index in [9.17, 15) is 0 Å². The highest BCUT2D eigenvalue weighted by atomic mass is 16.5. The molecule has 0 amide bonds. The van der Waals surface area contributed by atoms with Crippen LogP contribution in [0.2, 0.25) is 0 Å². The number of likely N-dealkylation sites (tertiary alicyclic amines) is 1. The summed E-state index contributed by atoms with van der Waals surface area (Å²) in [5.74, 6) is 0.992. The highest BCUT2D eigenvalue weighted by Crippen LogP contribution is 2.37. The molecule has 2 fully saturated rings. The van der Waals surface area contributed by atoms with E-state index < -0.39 is 0 Å². The Morgan fingerprint density at radius 2 is 2.25 bits per heavy atom. The monoisotopic (exact) mass is 275 g/mol. The van der Waals surface area contributed by atoms with E-state index in [1.807, 2.05) is 6.20 Å². The summed E-state index contributed by atoms with van der Waals surface area (Å²) in [7, 11) is 1.74. The van der Waals surface area contributed by atoms with Gasteiger partial charge in [-0.25, -0.2) is 0 Å². The lowest BCUT2D eigenvalue weighted by molar-refractivity contribution is 0.265. The van der Waals surface area contributed by atoms with E-state index in [1.165, 1.54) is 44.6 Å². The SMILES string of the molecule is COc1c(C)cnc(CN2CCC3(CCNC3)C2)c1C. The Balaban J connectivity index is 1.73. The first kappa shape index (κ1) is 13.8. The number of aromatic nitrogens is 1. The van der Waals surface area contributed by atoms with Crippen molar-refractivity contribution in [1.29, 1.82) is 0 Å². The van der Waals surface area contributed by atoms with Crippen molar-refractivity contribution < 1.29 is 4.74 Å². The summed E-state index contributed by atoms with van der Waals surface area (Å²) in [6.07, 6.45) is 4.58. The predicted octanol–water partition coefficient (Wildman–Crippen LogP) is 1.89. The lowest BCUT2D eigenvalue weighted by Gasteiger charge is -2.23. The molecule has 0 aromatic carbocycles. The minimum Gasteiger partial charge on any atom is -0.496 e. The van der Waals surface area contributed by atoms with Gasteiger partial charge >= 0.3 is 0 Å². The molecule has 1 N–H and O–H groups in total. The molecule has 1 spiro atoms. The fourth-order valence-corrected chi connectivity index (χ4v) is 3.75. The van der Waals surface area contributed by atoms with Gasteiger partial charge in [0.2, 0.25) is 0 Å². The third-order valence-electron chi connectivity index (χ3n) is 4.97. The molecule has 4 heteroatoms. The van der Waals surface area contributed by atoms with Crippen molar-refractivity contribution in [2.45, 2.75) is 33.2 Å². The Labute approximate surface area is 121 Å². The van der Waals surface area contributed by atoms with Crippen molar-refractivity contribution in [1.82, 2.24) is 15.2 Å². The molecule has 3 heterocycles. The fraction of sp³-hybridized carbons (Fsp3) is 0.688. The molecule has 1 aromatic rings. The number of ether oxygens (including phenoxy) is 1. The van der Waals surface area contributed by atoms with Crippen LogP contribution in [0.25, 0.3) is 0 Å². The van der Waals surface area contributed by atoms with Crippen LogP contribution in [-0.2, 0) is 6.54 Å². The van der Waals surface area contributed by atoms with Crippen molar-refractivity contribution in [3.05, 3.63) is 23.0 Å². The Hall–Kier alpha value is -1.13. The summed E-state index contributed by atoms with van der Waals surface area (Å²) in [5.41, 5.74) is 4.00. The molecule has 2 aliphatic rings. The van der Waals surface area contributed by atoms with E-state index in [0.717, 1.165) is 23.6 Å². The van der Waals surface area contributed by atoms with E-state index in [4.69, 9.17) is 4.74 Å². The Morgan fingerprint density at radius 3 is 2.95 bits per heavy atom. The molecule has 1 atom stereocenters. The summed E-state index contributed by atoms with van der Waals surface area (Å²) in [6, 6.07) is 0. The van der Waals surface area contributed by atoms with E-state index >= 15 is 0 Å². The van der Waals surface area contributed by atoms with Crippen molar-refractivity contribution in [2.24, 2.45) is 5.41 Å². The van der Waals surface area contributed by atoms with Gasteiger partial charge in [0.05, 0.1) is 12.8 Å². The number of aryl methyl sites for hydroxylation is 1. The largest absolute Gasteiger partial charge is 0.496 e. The molecule has 1 aromatic heterocycles. The lowest BCUT2D eigenvalue weighted by atomic mass is 9.87. The number of nitrogens with one attached hydrogen (secondary N) is 1. The molecule has 2 saturated heterocycles. The second-order valence-corrected chi connectivity index (χ2v) is 6.43. The van der Waals surface area contributed by atoms with Gasteiger partial charge < -0.3 is 10.1 Å². The van der Waals surface area contributed by atoms with Crippen molar-refractivity contribution in [3.8, 4) is 5.75 Å². The van der Waals surface area contributed by atoms with Gasteiger partial charge in [0.1, 0.15) is 5.75 Å². The maximum atomic E-state index is 5.51. The highest BCUT2D eigenvalue weighted by Gasteiger charge is 2.40. The second kappa shape index (κ2) is 5.34. The van der Waals surface area contributed by atoms with Crippen LogP contribution in [0.1, 0.15) is 29.7 Å². The molecule has 3 rings (SSSR count). The van der Waals surface area contributed by atoms with Gasteiger partial charge in [0.15, 0.2) is 0 Å². The van der Waals surface area contributed by atoms with Gasteiger partial charge in [-0.3, -0.25) is 9.88 Å². The van der Waals surface area contributed by atoms with Crippen LogP contribution in [0.3, 0.4) is 0 Å². The second-order valence-electron chi connectivity index (χ2n) is 6.43. The van der Waals surface area contributed by atoms with Crippen LogP contribution in [0, 0.1) is 19.3 Å². The average molecular weight is 275 g/mol. The van der Waals surface area contributed by atoms with E-state index in [0.29, 0.717) is 5.41 Å². The summed E-state index contributed by atoms with van der Waals surface area (Å²) in [6.45, 7) is 9.89. The molecule has 110 valence electrons. The first-order valence-corrected chi connectivity index (χ1v) is 7.56. The number of methoxy groups -OCH3 is 1. The Kier molecular flexibility index (Phi) is 3.69. The predicted molar refractivity (Wildman–Crippen MR) is 80.1 cm³/mol. The van der Waals surface area contributed by atoms with Gasteiger partial charge in [-0.1, -0.05) is 0 Å². The molecular weight excluding hydrogens is 250 g/mol. The van der Waals surface area contributed by atoms with Crippen LogP contribution in [0.15, 0.2) is 6.20 Å². The molecule has 1 unspecified atom stereocenters. The number of nitrogens with zero attached hydrogens (tertiary/aromatic N) is 2. The number of hydrogen-bond acceptors (Lipinski definition) is 4. The van der Waals surface area contributed by atoms with Crippen LogP contribution < -0.4 is 10.1 Å². The summed E-state index contributed by atoms with van der Waals surface area (Å²) in [5, 5.41) is 3.51. The summed E-state index contributed by atoms with van der Waals surface area (Å²) < 4.78 is 5.51. The van der Waals surface area contributed by atoms with Crippen molar-refractivity contribution >= 4 is 0 Å². The normalized spacial score (nSPS) is 26.6. The van der Waals surface area contributed by atoms with Gasteiger partial charge in [0, 0.05) is 37.0 Å². The third-order valence-corrected chi connectivity index (χ3v) is 4.97. The average Bonchev–Trinajstić information content (AvgIpc) is 3.05. The Bertz CT molecular complexity index is 495. The number of rotatable bonds is 3. The molecule has 0 saturated carbocycles. The van der Waals surface area contributed by atoms with Gasteiger partial charge in [-0.2, -0.15) is 0 Å². The third kappa shape index (κ3) is 2.42. The first-order valence-electron chi connectivity index (χ1n) is 7.56. The summed E-state index contributed by atoms with van der Waals surface area (Å²) in [4.78, 5) is 7.18. The zero-order chi connectivity index (χ0) is 14.2. The van der Waals surface area contributed by atoms with Crippen LogP contribution in [-0.4, -0.2) is 43.2 Å². The molecule has 0 aliphatic carbocycles. The molecule has 0 radical (unpaired) electrons. The quantitative estimate of drug-likeness (QED) is 0.914. The maximum absolute atomic E-state index is 5.51. The molecule has 4 nitrogen and oxygen atoms in total. The zero-order valence-corrected chi connectivity index (χ0v) is 12.8. The van der Waals surface area contributed by atoms with E-state index in [2.05, 4.69) is 29.0 Å². The van der Waals surface area contributed by atoms with Gasteiger partial charge in [-0.15, -0.1) is 0 Å². The lowest BCUT2D eigenvalue weighted by Crippen LogP contribution is -2.29.